The third-order valence-electron chi connectivity index (χ3n) is 2.87. The summed E-state index contributed by atoms with van der Waals surface area (Å²) in [5, 5.41) is 0. The van der Waals surface area contributed by atoms with Crippen LogP contribution >= 0.6 is 11.8 Å². The first-order valence-corrected chi connectivity index (χ1v) is 6.95. The van der Waals surface area contributed by atoms with Crippen LogP contribution in [0.15, 0.2) is 76.5 Å². The van der Waals surface area contributed by atoms with E-state index in [4.69, 9.17) is 0 Å². The first-order valence-electron chi connectivity index (χ1n) is 6.14. The monoisotopic (exact) mass is 281 g/mol. The number of anilines is 1. The zero-order valence-corrected chi connectivity index (χ0v) is 11.3. The first-order chi connectivity index (χ1) is 9.75. The van der Waals surface area contributed by atoms with Gasteiger partial charge in [0.25, 0.3) is 11.8 Å². The lowest BCUT2D eigenvalue weighted by molar-refractivity contribution is -0.120. The zero-order valence-electron chi connectivity index (χ0n) is 10.5. The average Bonchev–Trinajstić information content (AvgIpc) is 2.75. The van der Waals surface area contributed by atoms with Crippen LogP contribution in [-0.4, -0.2) is 11.8 Å². The van der Waals surface area contributed by atoms with Gasteiger partial charge in [-0.05, 0) is 24.3 Å². The molecule has 2 aromatic rings. The quantitative estimate of drug-likeness (QED) is 0.811. The number of para-hydroxylation sites is 1. The Kier molecular flexibility index (Phi) is 3.39. The van der Waals surface area contributed by atoms with Gasteiger partial charge in [0.05, 0.1) is 10.6 Å². The fourth-order valence-electron chi connectivity index (χ4n) is 1.96. The van der Waals surface area contributed by atoms with E-state index in [0.717, 1.165) is 4.90 Å². The Balaban J connectivity index is 1.84. The van der Waals surface area contributed by atoms with Crippen molar-refractivity contribution in [2.75, 3.05) is 4.90 Å². The number of rotatable bonds is 3. The standard InChI is InChI=1S/C16H11NO2S/c18-15-11-14(20-13-9-5-2-6-10-13)16(19)17(15)12-7-3-1-4-8-12/h1-11H. The predicted octanol–water partition coefficient (Wildman–Crippen LogP) is 3.24. The van der Waals surface area contributed by atoms with Crippen molar-refractivity contribution >= 4 is 29.3 Å². The van der Waals surface area contributed by atoms with E-state index in [1.807, 2.05) is 36.4 Å². The number of amides is 2. The highest BCUT2D eigenvalue weighted by molar-refractivity contribution is 8.04. The molecule has 0 saturated heterocycles. The number of carbonyl (C=O) groups is 2. The second-order valence-corrected chi connectivity index (χ2v) is 5.35. The molecule has 3 nitrogen and oxygen atoms in total. The van der Waals surface area contributed by atoms with Gasteiger partial charge in [0.2, 0.25) is 0 Å². The van der Waals surface area contributed by atoms with Crippen LogP contribution in [0.25, 0.3) is 0 Å². The van der Waals surface area contributed by atoms with Crippen LogP contribution in [0, 0.1) is 0 Å². The van der Waals surface area contributed by atoms with E-state index in [-0.39, 0.29) is 11.8 Å². The number of hydrogen-bond acceptors (Lipinski definition) is 3. The van der Waals surface area contributed by atoms with Gasteiger partial charge in [-0.3, -0.25) is 9.59 Å². The van der Waals surface area contributed by atoms with Crippen LogP contribution < -0.4 is 4.90 Å². The van der Waals surface area contributed by atoms with Gasteiger partial charge in [0.15, 0.2) is 0 Å². The van der Waals surface area contributed by atoms with E-state index in [0.29, 0.717) is 10.6 Å². The van der Waals surface area contributed by atoms with Crippen molar-refractivity contribution in [3.05, 3.63) is 71.6 Å². The van der Waals surface area contributed by atoms with Gasteiger partial charge in [-0.2, -0.15) is 0 Å². The highest BCUT2D eigenvalue weighted by Crippen LogP contribution is 2.33. The molecule has 0 aromatic heterocycles. The number of nitrogens with zero attached hydrogens (tertiary/aromatic N) is 1. The Hall–Kier alpha value is -2.33. The number of imide groups is 1. The highest BCUT2D eigenvalue weighted by Gasteiger charge is 2.32. The molecule has 0 atom stereocenters. The minimum Gasteiger partial charge on any atom is -0.269 e. The van der Waals surface area contributed by atoms with Gasteiger partial charge in [0, 0.05) is 11.0 Å². The molecule has 20 heavy (non-hydrogen) atoms. The molecule has 0 spiro atoms. The summed E-state index contributed by atoms with van der Waals surface area (Å²) in [4.78, 5) is 26.9. The van der Waals surface area contributed by atoms with Crippen LogP contribution in [0.4, 0.5) is 5.69 Å². The van der Waals surface area contributed by atoms with E-state index in [2.05, 4.69) is 0 Å². The summed E-state index contributed by atoms with van der Waals surface area (Å²) in [6, 6.07) is 18.5. The number of benzene rings is 2. The molecule has 0 radical (unpaired) electrons. The van der Waals surface area contributed by atoms with Gasteiger partial charge in [-0.25, -0.2) is 4.90 Å². The number of hydrogen-bond donors (Lipinski definition) is 0. The summed E-state index contributed by atoms with van der Waals surface area (Å²) < 4.78 is 0. The fourth-order valence-corrected chi connectivity index (χ4v) is 2.84. The lowest BCUT2D eigenvalue weighted by atomic mass is 10.3. The maximum atomic E-state index is 12.3. The van der Waals surface area contributed by atoms with Crippen LogP contribution in [0.3, 0.4) is 0 Å². The topological polar surface area (TPSA) is 37.4 Å². The Morgan fingerprint density at radius 2 is 1.40 bits per heavy atom. The molecule has 0 unspecified atom stereocenters. The third kappa shape index (κ3) is 2.38. The van der Waals surface area contributed by atoms with Gasteiger partial charge in [-0.15, -0.1) is 0 Å². The minimum atomic E-state index is -0.292. The molecule has 0 bridgehead atoms. The van der Waals surface area contributed by atoms with Crippen LogP contribution in [-0.2, 0) is 9.59 Å². The molecule has 3 rings (SSSR count). The third-order valence-corrected chi connectivity index (χ3v) is 3.89. The van der Waals surface area contributed by atoms with Gasteiger partial charge >= 0.3 is 0 Å². The van der Waals surface area contributed by atoms with E-state index < -0.39 is 0 Å². The molecule has 2 amide bonds. The first kappa shape index (κ1) is 12.7. The summed E-state index contributed by atoms with van der Waals surface area (Å²) in [7, 11) is 0. The van der Waals surface area contributed by atoms with E-state index in [1.54, 1.807) is 24.3 Å². The van der Waals surface area contributed by atoms with Crippen LogP contribution in [0.5, 0.6) is 0 Å². The summed E-state index contributed by atoms with van der Waals surface area (Å²) in [5.74, 6) is -0.560. The van der Waals surface area contributed by atoms with Crippen molar-refractivity contribution in [2.24, 2.45) is 0 Å². The molecule has 0 saturated carbocycles. The number of carbonyl (C=O) groups excluding carboxylic acids is 2. The molecule has 1 aliphatic heterocycles. The van der Waals surface area contributed by atoms with Crippen molar-refractivity contribution in [3.8, 4) is 0 Å². The molecule has 98 valence electrons. The molecule has 4 heteroatoms. The van der Waals surface area contributed by atoms with Gasteiger partial charge in [-0.1, -0.05) is 48.2 Å². The van der Waals surface area contributed by atoms with Gasteiger partial charge in [0.1, 0.15) is 0 Å². The highest BCUT2D eigenvalue weighted by atomic mass is 32.2. The summed E-state index contributed by atoms with van der Waals surface area (Å²) in [6.45, 7) is 0. The molecule has 0 aliphatic carbocycles. The van der Waals surface area contributed by atoms with E-state index in [1.165, 1.54) is 22.7 Å². The minimum absolute atomic E-state index is 0.268. The Labute approximate surface area is 120 Å². The second kappa shape index (κ2) is 5.35. The molecule has 1 heterocycles. The largest absolute Gasteiger partial charge is 0.272 e. The van der Waals surface area contributed by atoms with Gasteiger partial charge < -0.3 is 0 Å². The molecule has 0 N–H and O–H groups in total. The Morgan fingerprint density at radius 1 is 0.800 bits per heavy atom. The van der Waals surface area contributed by atoms with Crippen LogP contribution in [0.1, 0.15) is 0 Å². The maximum Gasteiger partial charge on any atom is 0.272 e. The van der Waals surface area contributed by atoms with Crippen molar-refractivity contribution < 1.29 is 9.59 Å². The molecule has 2 aromatic carbocycles. The predicted molar refractivity (Wildman–Crippen MR) is 79.3 cm³/mol. The van der Waals surface area contributed by atoms with E-state index in [9.17, 15) is 9.59 Å². The second-order valence-electron chi connectivity index (χ2n) is 4.24. The van der Waals surface area contributed by atoms with Crippen molar-refractivity contribution in [3.63, 3.8) is 0 Å². The van der Waals surface area contributed by atoms with Crippen molar-refractivity contribution in [1.82, 2.24) is 0 Å². The molecule has 0 fully saturated rings. The normalized spacial score (nSPS) is 14.6. The zero-order chi connectivity index (χ0) is 13.9. The van der Waals surface area contributed by atoms with E-state index >= 15 is 0 Å². The Morgan fingerprint density at radius 3 is 2.05 bits per heavy atom. The van der Waals surface area contributed by atoms with Crippen LogP contribution in [0.2, 0.25) is 0 Å². The summed E-state index contributed by atoms with van der Waals surface area (Å²) in [6.07, 6.45) is 1.40. The lowest BCUT2D eigenvalue weighted by Gasteiger charge is -2.14. The van der Waals surface area contributed by atoms with Crippen molar-refractivity contribution in [2.45, 2.75) is 4.90 Å². The molecule has 1 aliphatic rings. The molecular formula is C16H11NO2S. The number of thioether (sulfide) groups is 1. The maximum absolute atomic E-state index is 12.3. The van der Waals surface area contributed by atoms with Crippen molar-refractivity contribution in [1.29, 1.82) is 0 Å². The molecular weight excluding hydrogens is 270 g/mol. The SMILES string of the molecule is O=C1C=C(Sc2ccccc2)C(=O)N1c1ccccc1. The summed E-state index contributed by atoms with van der Waals surface area (Å²) >= 11 is 1.31. The lowest BCUT2D eigenvalue weighted by Crippen LogP contribution is -2.30. The Bertz CT molecular complexity index is 680. The average molecular weight is 281 g/mol. The fraction of sp³-hybridized carbons (Fsp3) is 0. The smallest absolute Gasteiger partial charge is 0.269 e. The summed E-state index contributed by atoms with van der Waals surface area (Å²) in [5.41, 5.74) is 0.599.